The number of halogens is 1. The maximum absolute atomic E-state index is 5.89. The van der Waals surface area contributed by atoms with E-state index in [-0.39, 0.29) is 11.5 Å². The summed E-state index contributed by atoms with van der Waals surface area (Å²) in [6.45, 7) is 14.2. The van der Waals surface area contributed by atoms with Gasteiger partial charge in [0.15, 0.2) is 5.82 Å². The highest BCUT2D eigenvalue weighted by Gasteiger charge is 2.30. The fraction of sp³-hybridized carbons (Fsp3) is 0.733. The van der Waals surface area contributed by atoms with Gasteiger partial charge >= 0.3 is 0 Å². The molecule has 5 heteroatoms. The summed E-state index contributed by atoms with van der Waals surface area (Å²) in [6, 6.07) is 0. The van der Waals surface area contributed by atoms with Gasteiger partial charge in [-0.3, -0.25) is 0 Å². The van der Waals surface area contributed by atoms with Gasteiger partial charge in [0.2, 0.25) is 0 Å². The lowest BCUT2D eigenvalue weighted by Crippen LogP contribution is -2.24. The number of nitrogens with one attached hydrogen (secondary N) is 1. The molecule has 1 aromatic rings. The fourth-order valence-electron chi connectivity index (χ4n) is 1.94. The van der Waals surface area contributed by atoms with Crippen LogP contribution < -0.4 is 5.32 Å². The van der Waals surface area contributed by atoms with Crippen molar-refractivity contribution in [1.82, 2.24) is 9.97 Å². The van der Waals surface area contributed by atoms with Crippen LogP contribution in [0.2, 0.25) is 0 Å². The Kier molecular flexibility index (Phi) is 6.64. The Bertz CT molecular complexity index is 443. The maximum atomic E-state index is 5.89. The minimum absolute atomic E-state index is 0.0305. The zero-order valence-electron chi connectivity index (χ0n) is 13.4. The summed E-state index contributed by atoms with van der Waals surface area (Å²) >= 11 is 2.30. The summed E-state index contributed by atoms with van der Waals surface area (Å²) in [7, 11) is 0. The van der Waals surface area contributed by atoms with Crippen LogP contribution in [-0.4, -0.2) is 23.1 Å². The van der Waals surface area contributed by atoms with Gasteiger partial charge in [0.1, 0.15) is 11.9 Å². The summed E-state index contributed by atoms with van der Waals surface area (Å²) in [5, 5.41) is 3.38. The van der Waals surface area contributed by atoms with Crippen LogP contribution >= 0.6 is 22.6 Å². The van der Waals surface area contributed by atoms with Crippen molar-refractivity contribution in [3.8, 4) is 0 Å². The first-order chi connectivity index (χ1) is 9.31. The van der Waals surface area contributed by atoms with Crippen molar-refractivity contribution in [2.75, 3.05) is 18.5 Å². The molecule has 0 amide bonds. The Hall–Kier alpha value is -0.430. The number of anilines is 1. The van der Waals surface area contributed by atoms with E-state index < -0.39 is 0 Å². The summed E-state index contributed by atoms with van der Waals surface area (Å²) in [5.41, 5.74) is 0.972. The molecule has 0 aliphatic carbocycles. The molecule has 0 radical (unpaired) electrons. The number of hydrogen-bond donors (Lipinski definition) is 1. The van der Waals surface area contributed by atoms with E-state index in [9.17, 15) is 0 Å². The standard InChI is InChI=1S/C15H26IN3O/c1-7-9-17-13-11(16)10(3)18-14(19-13)12(20-8-2)15(4,5)6/h12H,7-9H2,1-6H3,(H,17,18,19). The van der Waals surface area contributed by atoms with Gasteiger partial charge in [-0.1, -0.05) is 27.7 Å². The number of aryl methyl sites for hydroxylation is 1. The number of nitrogens with zero attached hydrogens (tertiary/aromatic N) is 2. The van der Waals surface area contributed by atoms with Gasteiger partial charge < -0.3 is 10.1 Å². The topological polar surface area (TPSA) is 47.0 Å². The number of ether oxygens (including phenoxy) is 1. The average molecular weight is 391 g/mol. The van der Waals surface area contributed by atoms with Crippen LogP contribution in [-0.2, 0) is 4.74 Å². The van der Waals surface area contributed by atoms with E-state index >= 15 is 0 Å². The van der Waals surface area contributed by atoms with Crippen LogP contribution in [0.4, 0.5) is 5.82 Å². The molecule has 1 unspecified atom stereocenters. The van der Waals surface area contributed by atoms with E-state index in [1.807, 2.05) is 13.8 Å². The fourth-order valence-corrected chi connectivity index (χ4v) is 2.37. The largest absolute Gasteiger partial charge is 0.370 e. The smallest absolute Gasteiger partial charge is 0.160 e. The molecule has 0 fully saturated rings. The van der Waals surface area contributed by atoms with E-state index in [1.54, 1.807) is 0 Å². The van der Waals surface area contributed by atoms with Crippen molar-refractivity contribution >= 4 is 28.4 Å². The summed E-state index contributed by atoms with van der Waals surface area (Å²) < 4.78 is 6.98. The van der Waals surface area contributed by atoms with Crippen molar-refractivity contribution in [3.05, 3.63) is 15.1 Å². The molecule has 114 valence electrons. The molecule has 0 spiro atoms. The molecule has 0 saturated carbocycles. The molecule has 0 aromatic carbocycles. The summed E-state index contributed by atoms with van der Waals surface area (Å²) in [4.78, 5) is 9.34. The molecular formula is C15H26IN3O. The highest BCUT2D eigenvalue weighted by Crippen LogP contribution is 2.35. The second kappa shape index (κ2) is 7.54. The lowest BCUT2D eigenvalue weighted by Gasteiger charge is -2.29. The minimum atomic E-state index is -0.0922. The Morgan fingerprint density at radius 2 is 1.90 bits per heavy atom. The maximum Gasteiger partial charge on any atom is 0.160 e. The normalized spacial score (nSPS) is 13.3. The van der Waals surface area contributed by atoms with Crippen LogP contribution in [0.1, 0.15) is 58.7 Å². The summed E-state index contributed by atoms with van der Waals surface area (Å²) in [5.74, 6) is 1.69. The number of hydrogen-bond acceptors (Lipinski definition) is 4. The molecule has 0 saturated heterocycles. The highest BCUT2D eigenvalue weighted by molar-refractivity contribution is 14.1. The van der Waals surface area contributed by atoms with E-state index in [2.05, 4.69) is 60.6 Å². The Labute approximate surface area is 136 Å². The first-order valence-electron chi connectivity index (χ1n) is 7.20. The van der Waals surface area contributed by atoms with Crippen molar-refractivity contribution < 1.29 is 4.74 Å². The third-order valence-corrected chi connectivity index (χ3v) is 4.22. The molecule has 1 aromatic heterocycles. The SMILES string of the molecule is CCCNc1nc(C(OCC)C(C)(C)C)nc(C)c1I. The van der Waals surface area contributed by atoms with Gasteiger partial charge in [-0.15, -0.1) is 0 Å². The van der Waals surface area contributed by atoms with Gasteiger partial charge in [-0.25, -0.2) is 9.97 Å². The van der Waals surface area contributed by atoms with Crippen LogP contribution in [0.3, 0.4) is 0 Å². The van der Waals surface area contributed by atoms with E-state index in [4.69, 9.17) is 9.72 Å². The van der Waals surface area contributed by atoms with Crippen LogP contribution in [0.15, 0.2) is 0 Å². The van der Waals surface area contributed by atoms with Gasteiger partial charge in [-0.2, -0.15) is 0 Å². The van der Waals surface area contributed by atoms with Gasteiger partial charge in [0.05, 0.1) is 9.26 Å². The van der Waals surface area contributed by atoms with Crippen LogP contribution in [0.25, 0.3) is 0 Å². The first-order valence-corrected chi connectivity index (χ1v) is 8.28. The molecule has 0 aliphatic heterocycles. The minimum Gasteiger partial charge on any atom is -0.370 e. The monoisotopic (exact) mass is 391 g/mol. The second-order valence-corrected chi connectivity index (χ2v) is 7.04. The highest BCUT2D eigenvalue weighted by atomic mass is 127. The molecule has 0 aliphatic rings. The molecule has 20 heavy (non-hydrogen) atoms. The molecule has 1 N–H and O–H groups in total. The lowest BCUT2D eigenvalue weighted by molar-refractivity contribution is -0.0191. The Balaban J connectivity index is 3.18. The first kappa shape index (κ1) is 17.6. The van der Waals surface area contributed by atoms with E-state index in [0.29, 0.717) is 6.61 Å². The zero-order valence-corrected chi connectivity index (χ0v) is 15.5. The second-order valence-electron chi connectivity index (χ2n) is 5.96. The van der Waals surface area contributed by atoms with Gasteiger partial charge in [-0.05, 0) is 48.3 Å². The van der Waals surface area contributed by atoms with E-state index in [0.717, 1.165) is 33.9 Å². The summed E-state index contributed by atoms with van der Waals surface area (Å²) in [6.07, 6.45) is 0.980. The molecular weight excluding hydrogens is 365 g/mol. The van der Waals surface area contributed by atoms with Crippen molar-refractivity contribution in [3.63, 3.8) is 0 Å². The van der Waals surface area contributed by atoms with Gasteiger partial charge in [0, 0.05) is 13.2 Å². The lowest BCUT2D eigenvalue weighted by atomic mass is 9.88. The van der Waals surface area contributed by atoms with Crippen molar-refractivity contribution in [2.24, 2.45) is 5.41 Å². The Morgan fingerprint density at radius 3 is 2.40 bits per heavy atom. The predicted molar refractivity (Wildman–Crippen MR) is 92.1 cm³/mol. The predicted octanol–water partition coefficient (Wildman–Crippen LogP) is 4.34. The average Bonchev–Trinajstić information content (AvgIpc) is 2.36. The van der Waals surface area contributed by atoms with E-state index in [1.165, 1.54) is 0 Å². The van der Waals surface area contributed by atoms with Crippen molar-refractivity contribution in [1.29, 1.82) is 0 Å². The molecule has 1 rings (SSSR count). The van der Waals surface area contributed by atoms with Crippen LogP contribution in [0.5, 0.6) is 0 Å². The Morgan fingerprint density at radius 1 is 1.25 bits per heavy atom. The third kappa shape index (κ3) is 4.55. The molecule has 4 nitrogen and oxygen atoms in total. The number of rotatable bonds is 6. The van der Waals surface area contributed by atoms with Crippen molar-refractivity contribution in [2.45, 2.75) is 54.1 Å². The third-order valence-electron chi connectivity index (χ3n) is 2.93. The number of aromatic nitrogens is 2. The molecule has 1 atom stereocenters. The van der Waals surface area contributed by atoms with Crippen LogP contribution in [0, 0.1) is 15.9 Å². The molecule has 0 bridgehead atoms. The molecule has 1 heterocycles. The quantitative estimate of drug-likeness (QED) is 0.734. The van der Waals surface area contributed by atoms with Gasteiger partial charge in [0.25, 0.3) is 0 Å². The zero-order chi connectivity index (χ0) is 15.3.